The molecule has 1 amide bonds. The van der Waals surface area contributed by atoms with E-state index in [0.29, 0.717) is 18.5 Å². The van der Waals surface area contributed by atoms with Gasteiger partial charge in [-0.05, 0) is 55.8 Å². The van der Waals surface area contributed by atoms with Crippen molar-refractivity contribution in [2.45, 2.75) is 39.3 Å². The Kier molecular flexibility index (Phi) is 3.31. The molecule has 2 N–H and O–H groups in total. The minimum atomic E-state index is 0.199. The zero-order valence-corrected chi connectivity index (χ0v) is 11.7. The molecule has 1 aliphatic carbocycles. The van der Waals surface area contributed by atoms with Crippen LogP contribution in [-0.4, -0.2) is 18.5 Å². The summed E-state index contributed by atoms with van der Waals surface area (Å²) in [5.41, 5.74) is 3.80. The summed E-state index contributed by atoms with van der Waals surface area (Å²) >= 11 is 0. The summed E-state index contributed by atoms with van der Waals surface area (Å²) in [6, 6.07) is 6.69. The molecule has 0 spiro atoms. The van der Waals surface area contributed by atoms with E-state index in [-0.39, 0.29) is 11.8 Å². The van der Waals surface area contributed by atoms with E-state index in [1.807, 2.05) is 0 Å². The maximum Gasteiger partial charge on any atom is 0.225 e. The Labute approximate surface area is 114 Å². The Bertz CT molecular complexity index is 478. The summed E-state index contributed by atoms with van der Waals surface area (Å²) in [6.45, 7) is 5.91. The highest BCUT2D eigenvalue weighted by Gasteiger charge is 2.45. The number of carbonyl (C=O) groups excluding carboxylic acids is 1. The van der Waals surface area contributed by atoms with Gasteiger partial charge in [0.05, 0.1) is 5.92 Å². The molecule has 2 bridgehead atoms. The van der Waals surface area contributed by atoms with Gasteiger partial charge < -0.3 is 10.6 Å². The first-order valence-corrected chi connectivity index (χ1v) is 7.23. The Balaban J connectivity index is 1.63. The highest BCUT2D eigenvalue weighted by Crippen LogP contribution is 2.36. The van der Waals surface area contributed by atoms with Crippen molar-refractivity contribution in [2.75, 3.05) is 6.54 Å². The maximum atomic E-state index is 12.3. The average molecular weight is 258 g/mol. The first-order chi connectivity index (χ1) is 9.16. The molecule has 1 saturated carbocycles. The molecular weight excluding hydrogens is 236 g/mol. The van der Waals surface area contributed by atoms with Gasteiger partial charge in [-0.3, -0.25) is 4.79 Å². The smallest absolute Gasteiger partial charge is 0.225 e. The fourth-order valence-electron chi connectivity index (χ4n) is 3.54. The zero-order chi connectivity index (χ0) is 13.4. The molecule has 3 heteroatoms. The molecule has 3 atom stereocenters. The van der Waals surface area contributed by atoms with Crippen molar-refractivity contribution in [3.05, 3.63) is 34.9 Å². The summed E-state index contributed by atoms with van der Waals surface area (Å²) in [5, 5.41) is 6.58. The Hall–Kier alpha value is -1.35. The summed E-state index contributed by atoms with van der Waals surface area (Å²) in [4.78, 5) is 12.3. The van der Waals surface area contributed by atoms with Crippen molar-refractivity contribution in [1.82, 2.24) is 10.6 Å². The quantitative estimate of drug-likeness (QED) is 0.869. The van der Waals surface area contributed by atoms with Crippen molar-refractivity contribution >= 4 is 5.91 Å². The number of fused-ring (bicyclic) bond motifs is 2. The summed E-state index contributed by atoms with van der Waals surface area (Å²) in [7, 11) is 0. The normalized spacial score (nSPS) is 28.6. The summed E-state index contributed by atoms with van der Waals surface area (Å²) in [5.74, 6) is 0.993. The van der Waals surface area contributed by atoms with Crippen molar-refractivity contribution < 1.29 is 4.79 Å². The molecule has 102 valence electrons. The van der Waals surface area contributed by atoms with E-state index in [0.717, 1.165) is 13.0 Å². The van der Waals surface area contributed by atoms with Gasteiger partial charge in [-0.15, -0.1) is 0 Å². The number of piperidine rings is 1. The van der Waals surface area contributed by atoms with Gasteiger partial charge in [-0.2, -0.15) is 0 Å². The molecule has 0 radical (unpaired) electrons. The van der Waals surface area contributed by atoms with Crippen LogP contribution in [0.5, 0.6) is 0 Å². The monoisotopic (exact) mass is 258 g/mol. The van der Waals surface area contributed by atoms with Crippen LogP contribution in [0, 0.1) is 25.7 Å². The molecular formula is C16H22N2O. The summed E-state index contributed by atoms with van der Waals surface area (Å²) in [6.07, 6.45) is 2.37. The third kappa shape index (κ3) is 2.27. The van der Waals surface area contributed by atoms with Gasteiger partial charge in [0.1, 0.15) is 0 Å². The predicted octanol–water partition coefficient (Wildman–Crippen LogP) is 1.92. The first kappa shape index (κ1) is 12.7. The minimum Gasteiger partial charge on any atom is -0.352 e. The molecule has 1 saturated heterocycles. The number of carbonyl (C=O) groups is 1. The zero-order valence-electron chi connectivity index (χ0n) is 11.7. The largest absolute Gasteiger partial charge is 0.352 e. The second-order valence-corrected chi connectivity index (χ2v) is 5.95. The van der Waals surface area contributed by atoms with Crippen molar-refractivity contribution in [3.8, 4) is 0 Å². The topological polar surface area (TPSA) is 41.1 Å². The number of hydrogen-bond acceptors (Lipinski definition) is 2. The molecule has 1 aromatic rings. The van der Waals surface area contributed by atoms with Crippen LogP contribution in [0.25, 0.3) is 0 Å². The van der Waals surface area contributed by atoms with Gasteiger partial charge in [0.25, 0.3) is 0 Å². The van der Waals surface area contributed by atoms with E-state index in [1.54, 1.807) is 0 Å². The fourth-order valence-corrected chi connectivity index (χ4v) is 3.54. The van der Waals surface area contributed by atoms with Crippen LogP contribution in [0.3, 0.4) is 0 Å². The molecule has 0 aromatic heterocycles. The second kappa shape index (κ2) is 4.97. The summed E-state index contributed by atoms with van der Waals surface area (Å²) < 4.78 is 0. The highest BCUT2D eigenvalue weighted by atomic mass is 16.2. The van der Waals surface area contributed by atoms with Gasteiger partial charge in [0, 0.05) is 12.6 Å². The molecule has 3 rings (SSSR count). The number of hydrogen-bond donors (Lipinski definition) is 2. The van der Waals surface area contributed by atoms with Crippen LogP contribution in [0.15, 0.2) is 18.2 Å². The van der Waals surface area contributed by atoms with Crippen LogP contribution in [-0.2, 0) is 11.3 Å². The van der Waals surface area contributed by atoms with E-state index in [2.05, 4.69) is 42.7 Å². The van der Waals surface area contributed by atoms with E-state index in [4.69, 9.17) is 0 Å². The fraction of sp³-hybridized carbons (Fsp3) is 0.562. The number of rotatable bonds is 3. The SMILES string of the molecule is Cc1cccc(CNC(=O)[C@@H]2[C@H]3CC[C@@H]2NC3)c1C. The number of aryl methyl sites for hydroxylation is 1. The van der Waals surface area contributed by atoms with E-state index >= 15 is 0 Å². The number of nitrogens with one attached hydrogen (secondary N) is 2. The molecule has 19 heavy (non-hydrogen) atoms. The standard InChI is InChI=1S/C16H22N2O/c1-10-4-3-5-12(11(10)2)8-18-16(19)15-13-6-7-14(15)17-9-13/h3-5,13-15,17H,6-9H2,1-2H3,(H,18,19)/t13-,14-,15+/m0/s1. The van der Waals surface area contributed by atoms with Gasteiger partial charge in [0.2, 0.25) is 5.91 Å². The number of benzene rings is 1. The van der Waals surface area contributed by atoms with Crippen molar-refractivity contribution in [1.29, 1.82) is 0 Å². The van der Waals surface area contributed by atoms with Crippen molar-refractivity contribution in [3.63, 3.8) is 0 Å². The average Bonchev–Trinajstić information content (AvgIpc) is 3.00. The Morgan fingerprint density at radius 2 is 2.21 bits per heavy atom. The van der Waals surface area contributed by atoms with Crippen LogP contribution < -0.4 is 10.6 Å². The van der Waals surface area contributed by atoms with Gasteiger partial charge >= 0.3 is 0 Å². The van der Waals surface area contributed by atoms with Crippen LogP contribution in [0.2, 0.25) is 0 Å². The Morgan fingerprint density at radius 1 is 1.37 bits per heavy atom. The first-order valence-electron chi connectivity index (χ1n) is 7.23. The van der Waals surface area contributed by atoms with Crippen molar-refractivity contribution in [2.24, 2.45) is 11.8 Å². The van der Waals surface area contributed by atoms with Crippen LogP contribution >= 0.6 is 0 Å². The molecule has 0 unspecified atom stereocenters. The maximum absolute atomic E-state index is 12.3. The van der Waals surface area contributed by atoms with Crippen LogP contribution in [0.4, 0.5) is 0 Å². The second-order valence-electron chi connectivity index (χ2n) is 5.95. The molecule has 1 aliphatic heterocycles. The Morgan fingerprint density at radius 3 is 2.84 bits per heavy atom. The van der Waals surface area contributed by atoms with E-state index < -0.39 is 0 Å². The molecule has 3 nitrogen and oxygen atoms in total. The lowest BCUT2D eigenvalue weighted by molar-refractivity contribution is -0.125. The molecule has 2 aliphatic rings. The molecule has 1 aromatic carbocycles. The third-order valence-electron chi connectivity index (χ3n) is 4.90. The van der Waals surface area contributed by atoms with Gasteiger partial charge in [-0.25, -0.2) is 0 Å². The highest BCUT2D eigenvalue weighted by molar-refractivity contribution is 5.80. The lowest BCUT2D eigenvalue weighted by Crippen LogP contribution is -2.36. The third-order valence-corrected chi connectivity index (χ3v) is 4.90. The van der Waals surface area contributed by atoms with Gasteiger partial charge in [-0.1, -0.05) is 18.2 Å². The molecule has 2 fully saturated rings. The predicted molar refractivity (Wildman–Crippen MR) is 75.8 cm³/mol. The van der Waals surface area contributed by atoms with Gasteiger partial charge in [0.15, 0.2) is 0 Å². The van der Waals surface area contributed by atoms with E-state index in [9.17, 15) is 4.79 Å². The lowest BCUT2D eigenvalue weighted by Gasteiger charge is -2.16. The minimum absolute atomic E-state index is 0.199. The van der Waals surface area contributed by atoms with Crippen LogP contribution in [0.1, 0.15) is 29.5 Å². The van der Waals surface area contributed by atoms with E-state index in [1.165, 1.54) is 23.1 Å². The lowest BCUT2D eigenvalue weighted by atomic mass is 9.97. The number of amides is 1. The molecule has 1 heterocycles.